The summed E-state index contributed by atoms with van der Waals surface area (Å²) in [5.41, 5.74) is -0.649. The molecule has 1 fully saturated rings. The Kier molecular flexibility index (Phi) is 6.15. The number of pyridine rings is 1. The Labute approximate surface area is 169 Å². The minimum Gasteiger partial charge on any atom is -0.484 e. The van der Waals surface area contributed by atoms with Crippen LogP contribution in [-0.4, -0.2) is 53.5 Å². The number of hydrogen-bond acceptors (Lipinski definition) is 6. The standard InChI is InChI=1S/C17H15Cl2FN4O4/c18-11-7-13(19)17(21-9-11)23-5-3-22(4-6-23)16(25)10-28-12-1-2-15(24(26)27)14(20)8-12/h1-2,7-9H,3-6,10H2. The van der Waals surface area contributed by atoms with Crippen LogP contribution in [0.1, 0.15) is 0 Å². The monoisotopic (exact) mass is 428 g/mol. The van der Waals surface area contributed by atoms with Crippen molar-refractivity contribution in [3.63, 3.8) is 0 Å². The number of anilines is 1. The fourth-order valence-electron chi connectivity index (χ4n) is 2.77. The fraction of sp³-hybridized carbons (Fsp3) is 0.294. The summed E-state index contributed by atoms with van der Waals surface area (Å²) >= 11 is 12.0. The molecule has 11 heteroatoms. The average Bonchev–Trinajstić information content (AvgIpc) is 2.66. The van der Waals surface area contributed by atoms with Crippen molar-refractivity contribution in [3.8, 4) is 5.75 Å². The summed E-state index contributed by atoms with van der Waals surface area (Å²) in [6.45, 7) is 1.66. The maximum atomic E-state index is 13.6. The van der Waals surface area contributed by atoms with Crippen LogP contribution in [0, 0.1) is 15.9 Å². The number of hydrogen-bond donors (Lipinski definition) is 0. The summed E-state index contributed by atoms with van der Waals surface area (Å²) in [7, 11) is 0. The Morgan fingerprint density at radius 2 is 1.96 bits per heavy atom. The van der Waals surface area contributed by atoms with Crippen LogP contribution in [0.3, 0.4) is 0 Å². The zero-order chi connectivity index (χ0) is 20.3. The number of ether oxygens (including phenoxy) is 1. The molecule has 1 amide bonds. The number of nitro groups is 1. The summed E-state index contributed by atoms with van der Waals surface area (Å²) in [6.07, 6.45) is 1.51. The van der Waals surface area contributed by atoms with Gasteiger partial charge in [0.05, 0.1) is 15.0 Å². The van der Waals surface area contributed by atoms with Crippen molar-refractivity contribution in [2.45, 2.75) is 0 Å². The van der Waals surface area contributed by atoms with E-state index < -0.39 is 16.4 Å². The predicted molar refractivity (Wildman–Crippen MR) is 102 cm³/mol. The van der Waals surface area contributed by atoms with Crippen LogP contribution in [0.2, 0.25) is 10.0 Å². The molecule has 1 aromatic heterocycles. The molecule has 8 nitrogen and oxygen atoms in total. The van der Waals surface area contributed by atoms with E-state index in [1.165, 1.54) is 12.3 Å². The van der Waals surface area contributed by atoms with E-state index in [2.05, 4.69) is 4.98 Å². The first-order chi connectivity index (χ1) is 13.3. The minimum atomic E-state index is -1.02. The maximum absolute atomic E-state index is 13.6. The summed E-state index contributed by atoms with van der Waals surface area (Å²) < 4.78 is 18.9. The van der Waals surface area contributed by atoms with Crippen LogP contribution in [-0.2, 0) is 4.79 Å². The van der Waals surface area contributed by atoms with Gasteiger partial charge >= 0.3 is 5.69 Å². The Balaban J connectivity index is 1.53. The largest absolute Gasteiger partial charge is 0.484 e. The van der Waals surface area contributed by atoms with Crippen molar-refractivity contribution in [1.82, 2.24) is 9.88 Å². The number of benzene rings is 1. The van der Waals surface area contributed by atoms with Crippen molar-refractivity contribution >= 4 is 40.6 Å². The first kappa shape index (κ1) is 20.1. The number of rotatable bonds is 5. The van der Waals surface area contributed by atoms with Gasteiger partial charge in [0.15, 0.2) is 6.61 Å². The molecule has 0 aliphatic carbocycles. The van der Waals surface area contributed by atoms with Crippen LogP contribution in [0.25, 0.3) is 0 Å². The average molecular weight is 429 g/mol. The van der Waals surface area contributed by atoms with Gasteiger partial charge in [0, 0.05) is 44.5 Å². The molecule has 0 unspecified atom stereocenters. The molecule has 148 valence electrons. The molecule has 1 saturated heterocycles. The van der Waals surface area contributed by atoms with E-state index in [0.717, 1.165) is 12.1 Å². The van der Waals surface area contributed by atoms with E-state index in [0.29, 0.717) is 42.0 Å². The van der Waals surface area contributed by atoms with Gasteiger partial charge < -0.3 is 14.5 Å². The lowest BCUT2D eigenvalue weighted by Gasteiger charge is -2.35. The van der Waals surface area contributed by atoms with Crippen LogP contribution in [0.5, 0.6) is 5.75 Å². The molecule has 2 aromatic rings. The van der Waals surface area contributed by atoms with Gasteiger partial charge in [-0.15, -0.1) is 0 Å². The summed E-state index contributed by atoms with van der Waals surface area (Å²) in [4.78, 5) is 29.9. The third kappa shape index (κ3) is 4.60. The first-order valence-corrected chi connectivity index (χ1v) is 9.01. The quantitative estimate of drug-likeness (QED) is 0.536. The van der Waals surface area contributed by atoms with Gasteiger partial charge in [-0.05, 0) is 12.1 Å². The Bertz CT molecular complexity index is 907. The Morgan fingerprint density at radius 3 is 2.57 bits per heavy atom. The molecule has 0 N–H and O–H groups in total. The molecule has 3 rings (SSSR count). The molecular formula is C17H15Cl2FN4O4. The van der Waals surface area contributed by atoms with Gasteiger partial charge in [-0.1, -0.05) is 23.2 Å². The van der Waals surface area contributed by atoms with Crippen molar-refractivity contribution in [2.24, 2.45) is 0 Å². The van der Waals surface area contributed by atoms with Crippen molar-refractivity contribution < 1.29 is 18.8 Å². The van der Waals surface area contributed by atoms with Gasteiger partial charge in [-0.2, -0.15) is 4.39 Å². The highest BCUT2D eigenvalue weighted by Gasteiger charge is 2.24. The zero-order valence-electron chi connectivity index (χ0n) is 14.5. The second-order valence-corrected chi connectivity index (χ2v) is 6.83. The van der Waals surface area contributed by atoms with E-state index in [-0.39, 0.29) is 18.3 Å². The minimum absolute atomic E-state index is 0.0484. The second kappa shape index (κ2) is 8.57. The zero-order valence-corrected chi connectivity index (χ0v) is 16.0. The van der Waals surface area contributed by atoms with Gasteiger partial charge in [0.25, 0.3) is 5.91 Å². The normalized spacial score (nSPS) is 14.1. The highest BCUT2D eigenvalue weighted by atomic mass is 35.5. The smallest absolute Gasteiger partial charge is 0.305 e. The van der Waals surface area contributed by atoms with Gasteiger partial charge in [0.1, 0.15) is 11.6 Å². The third-order valence-electron chi connectivity index (χ3n) is 4.20. The van der Waals surface area contributed by atoms with Crippen molar-refractivity contribution in [2.75, 3.05) is 37.7 Å². The third-order valence-corrected chi connectivity index (χ3v) is 4.68. The molecule has 0 spiro atoms. The Morgan fingerprint density at radius 1 is 1.25 bits per heavy atom. The molecule has 1 aliphatic rings. The van der Waals surface area contributed by atoms with Crippen molar-refractivity contribution in [3.05, 3.63) is 56.4 Å². The fourth-order valence-corrected chi connectivity index (χ4v) is 3.27. The lowest BCUT2D eigenvalue weighted by Crippen LogP contribution is -2.50. The Hall–Kier alpha value is -2.65. The molecule has 0 radical (unpaired) electrons. The van der Waals surface area contributed by atoms with E-state index >= 15 is 0 Å². The lowest BCUT2D eigenvalue weighted by atomic mass is 10.3. The predicted octanol–water partition coefficient (Wildman–Crippen LogP) is 3.16. The lowest BCUT2D eigenvalue weighted by molar-refractivity contribution is -0.387. The molecule has 2 heterocycles. The summed E-state index contributed by atoms with van der Waals surface area (Å²) in [6, 6.07) is 4.75. The van der Waals surface area contributed by atoms with E-state index in [1.54, 1.807) is 11.0 Å². The SMILES string of the molecule is O=C(COc1ccc([N+](=O)[O-])c(F)c1)N1CCN(c2ncc(Cl)cc2Cl)CC1. The number of piperazine rings is 1. The number of amides is 1. The van der Waals surface area contributed by atoms with Gasteiger partial charge in [-0.25, -0.2) is 4.98 Å². The molecule has 0 atom stereocenters. The van der Waals surface area contributed by atoms with Crippen LogP contribution in [0.4, 0.5) is 15.9 Å². The van der Waals surface area contributed by atoms with Crippen LogP contribution < -0.4 is 9.64 Å². The number of aromatic nitrogens is 1. The number of carbonyl (C=O) groups is 1. The van der Waals surface area contributed by atoms with E-state index in [9.17, 15) is 19.3 Å². The molecule has 1 aliphatic heterocycles. The molecule has 0 bridgehead atoms. The number of halogens is 3. The van der Waals surface area contributed by atoms with Crippen LogP contribution in [0.15, 0.2) is 30.5 Å². The van der Waals surface area contributed by atoms with Gasteiger partial charge in [-0.3, -0.25) is 14.9 Å². The first-order valence-electron chi connectivity index (χ1n) is 8.25. The van der Waals surface area contributed by atoms with E-state index in [4.69, 9.17) is 27.9 Å². The second-order valence-electron chi connectivity index (χ2n) is 5.99. The number of carbonyl (C=O) groups excluding carboxylic acids is 1. The molecule has 28 heavy (non-hydrogen) atoms. The number of nitro benzene ring substituents is 1. The number of nitrogens with zero attached hydrogens (tertiary/aromatic N) is 4. The summed E-state index contributed by atoms with van der Waals surface area (Å²) in [5.74, 6) is -0.632. The molecular weight excluding hydrogens is 414 g/mol. The highest BCUT2D eigenvalue weighted by Crippen LogP contribution is 2.27. The van der Waals surface area contributed by atoms with Crippen molar-refractivity contribution in [1.29, 1.82) is 0 Å². The van der Waals surface area contributed by atoms with E-state index in [1.807, 2.05) is 4.90 Å². The molecule has 1 aromatic carbocycles. The highest BCUT2D eigenvalue weighted by molar-refractivity contribution is 6.36. The summed E-state index contributed by atoms with van der Waals surface area (Å²) in [5, 5.41) is 11.5. The van der Waals surface area contributed by atoms with Crippen LogP contribution >= 0.6 is 23.2 Å². The van der Waals surface area contributed by atoms with Gasteiger partial charge in [0.2, 0.25) is 5.82 Å². The molecule has 0 saturated carbocycles. The topological polar surface area (TPSA) is 88.8 Å². The maximum Gasteiger partial charge on any atom is 0.305 e.